The Morgan fingerprint density at radius 2 is 1.86 bits per heavy atom. The molecule has 7 heteroatoms. The van der Waals surface area contributed by atoms with Gasteiger partial charge in [-0.3, -0.25) is 9.62 Å². The number of fused-ring (bicyclic) bond motifs is 1. The van der Waals surface area contributed by atoms with E-state index in [4.69, 9.17) is 4.42 Å². The topological polar surface area (TPSA) is 74.6 Å². The van der Waals surface area contributed by atoms with Crippen molar-refractivity contribution in [1.29, 1.82) is 0 Å². The molecule has 29 heavy (non-hydrogen) atoms. The van der Waals surface area contributed by atoms with Crippen LogP contribution >= 0.6 is 0 Å². The molecule has 0 amide bonds. The van der Waals surface area contributed by atoms with Crippen molar-refractivity contribution in [1.82, 2.24) is 10.2 Å². The van der Waals surface area contributed by atoms with Gasteiger partial charge in [0.25, 0.3) is 10.0 Å². The Labute approximate surface area is 171 Å². The highest BCUT2D eigenvalue weighted by Gasteiger charge is 2.24. The second kappa shape index (κ2) is 7.82. The number of hydrogen-bond acceptors (Lipinski definition) is 5. The van der Waals surface area contributed by atoms with Gasteiger partial charge >= 0.3 is 0 Å². The van der Waals surface area contributed by atoms with E-state index in [0.717, 1.165) is 35.2 Å². The maximum Gasteiger partial charge on any atom is 0.261 e. The molecule has 4 rings (SSSR count). The van der Waals surface area contributed by atoms with Crippen molar-refractivity contribution in [2.24, 2.45) is 0 Å². The largest absolute Gasteiger partial charge is 0.464 e. The lowest BCUT2D eigenvalue weighted by molar-refractivity contribution is 0.166. The molecule has 2 N–H and O–H groups in total. The molecule has 1 saturated heterocycles. The van der Waals surface area contributed by atoms with Crippen LogP contribution in [0.25, 0.3) is 11.0 Å². The van der Waals surface area contributed by atoms with E-state index in [1.165, 1.54) is 0 Å². The average molecular weight is 414 g/mol. The van der Waals surface area contributed by atoms with Gasteiger partial charge in [-0.25, -0.2) is 8.42 Å². The Bertz CT molecular complexity index is 1110. The Morgan fingerprint density at radius 3 is 2.59 bits per heavy atom. The number of benzene rings is 2. The standard InChI is InChI=1S/C22H27N3O3S/c1-15-6-4-5-7-21(15)24-29(26,27)20-10-18-8-9-28-22(18)19(11-20)14-25-12-16(2)23-17(3)13-25/h4-11,16-17,23-24H,12-14H2,1-3H3. The first-order valence-electron chi connectivity index (χ1n) is 9.89. The molecule has 2 unspecified atom stereocenters. The summed E-state index contributed by atoms with van der Waals surface area (Å²) >= 11 is 0. The first kappa shape index (κ1) is 19.9. The second-order valence-electron chi connectivity index (χ2n) is 8.00. The number of nitrogens with one attached hydrogen (secondary N) is 2. The van der Waals surface area contributed by atoms with E-state index in [2.05, 4.69) is 28.8 Å². The summed E-state index contributed by atoms with van der Waals surface area (Å²) in [6, 6.07) is 13.4. The molecule has 0 radical (unpaired) electrons. The van der Waals surface area contributed by atoms with Gasteiger partial charge in [-0.05, 0) is 50.6 Å². The maximum atomic E-state index is 13.1. The van der Waals surface area contributed by atoms with Crippen molar-refractivity contribution >= 4 is 26.7 Å². The van der Waals surface area contributed by atoms with Crippen LogP contribution in [0.5, 0.6) is 0 Å². The van der Waals surface area contributed by atoms with Crippen LogP contribution in [0.2, 0.25) is 0 Å². The Balaban J connectivity index is 1.68. The molecule has 0 saturated carbocycles. The molecule has 154 valence electrons. The summed E-state index contributed by atoms with van der Waals surface area (Å²) in [7, 11) is -3.71. The molecule has 1 aromatic heterocycles. The van der Waals surface area contributed by atoms with Gasteiger partial charge in [-0.15, -0.1) is 0 Å². The lowest BCUT2D eigenvalue weighted by Gasteiger charge is -2.36. The summed E-state index contributed by atoms with van der Waals surface area (Å²) in [5.74, 6) is 0. The highest BCUT2D eigenvalue weighted by atomic mass is 32.2. The van der Waals surface area contributed by atoms with Crippen molar-refractivity contribution in [2.75, 3.05) is 17.8 Å². The number of rotatable bonds is 5. The second-order valence-corrected chi connectivity index (χ2v) is 9.69. The summed E-state index contributed by atoms with van der Waals surface area (Å²) in [5, 5.41) is 4.32. The number of hydrogen-bond donors (Lipinski definition) is 2. The summed E-state index contributed by atoms with van der Waals surface area (Å²) in [6.45, 7) is 8.68. The van der Waals surface area contributed by atoms with E-state index in [1.54, 1.807) is 24.5 Å². The van der Waals surface area contributed by atoms with Crippen molar-refractivity contribution in [3.63, 3.8) is 0 Å². The minimum absolute atomic E-state index is 0.251. The van der Waals surface area contributed by atoms with Crippen LogP contribution in [0, 0.1) is 6.92 Å². The average Bonchev–Trinajstić information content (AvgIpc) is 3.12. The molecule has 3 aromatic rings. The molecule has 1 fully saturated rings. The fraction of sp³-hybridized carbons (Fsp3) is 0.364. The van der Waals surface area contributed by atoms with E-state index < -0.39 is 10.0 Å². The molecular weight excluding hydrogens is 386 g/mol. The molecule has 0 bridgehead atoms. The van der Waals surface area contributed by atoms with Gasteiger partial charge in [0.2, 0.25) is 0 Å². The highest BCUT2D eigenvalue weighted by Crippen LogP contribution is 2.28. The summed E-state index contributed by atoms with van der Waals surface area (Å²) < 4.78 is 34.6. The fourth-order valence-electron chi connectivity index (χ4n) is 4.10. The van der Waals surface area contributed by atoms with Gasteiger partial charge in [-0.1, -0.05) is 18.2 Å². The number of sulfonamides is 1. The number of nitrogens with zero attached hydrogens (tertiary/aromatic N) is 1. The van der Waals surface area contributed by atoms with E-state index in [1.807, 2.05) is 31.2 Å². The first-order chi connectivity index (χ1) is 13.8. The third-order valence-corrected chi connectivity index (χ3v) is 6.67. The number of para-hydroxylation sites is 1. The highest BCUT2D eigenvalue weighted by molar-refractivity contribution is 7.92. The number of aryl methyl sites for hydroxylation is 1. The van der Waals surface area contributed by atoms with E-state index in [0.29, 0.717) is 24.3 Å². The molecule has 0 aliphatic carbocycles. The molecule has 2 heterocycles. The van der Waals surface area contributed by atoms with Crippen molar-refractivity contribution < 1.29 is 12.8 Å². The van der Waals surface area contributed by atoms with Crippen molar-refractivity contribution in [3.05, 3.63) is 59.9 Å². The SMILES string of the molecule is Cc1ccccc1NS(=O)(=O)c1cc(CN2CC(C)NC(C)C2)c2occc2c1. The minimum Gasteiger partial charge on any atom is -0.464 e. The fourth-order valence-corrected chi connectivity index (χ4v) is 5.32. The monoisotopic (exact) mass is 413 g/mol. The van der Waals surface area contributed by atoms with Crippen LogP contribution in [-0.4, -0.2) is 38.5 Å². The first-order valence-corrected chi connectivity index (χ1v) is 11.4. The van der Waals surface area contributed by atoms with Gasteiger partial charge in [0.1, 0.15) is 5.58 Å². The zero-order valence-electron chi connectivity index (χ0n) is 17.0. The molecule has 2 aromatic carbocycles. The van der Waals surface area contributed by atoms with Crippen molar-refractivity contribution in [2.45, 2.75) is 44.3 Å². The number of anilines is 1. The van der Waals surface area contributed by atoms with Crippen LogP contribution in [0.15, 0.2) is 58.0 Å². The molecule has 6 nitrogen and oxygen atoms in total. The number of furan rings is 1. The van der Waals surface area contributed by atoms with Crippen LogP contribution < -0.4 is 10.0 Å². The molecule has 0 spiro atoms. The lowest BCUT2D eigenvalue weighted by atomic mass is 10.1. The quantitative estimate of drug-likeness (QED) is 0.667. The zero-order valence-corrected chi connectivity index (χ0v) is 17.8. The van der Waals surface area contributed by atoms with E-state index in [-0.39, 0.29) is 4.90 Å². The molecule has 2 atom stereocenters. The number of piperazine rings is 1. The van der Waals surface area contributed by atoms with E-state index >= 15 is 0 Å². The molecular formula is C22H27N3O3S. The third kappa shape index (κ3) is 4.32. The summed E-state index contributed by atoms with van der Waals surface area (Å²) in [6.07, 6.45) is 1.61. The third-order valence-electron chi connectivity index (χ3n) is 5.33. The van der Waals surface area contributed by atoms with Crippen LogP contribution in [0.1, 0.15) is 25.0 Å². The summed E-state index contributed by atoms with van der Waals surface area (Å²) in [4.78, 5) is 2.59. The lowest BCUT2D eigenvalue weighted by Crippen LogP contribution is -2.53. The van der Waals surface area contributed by atoms with Crippen LogP contribution in [-0.2, 0) is 16.6 Å². The maximum absolute atomic E-state index is 13.1. The molecule has 1 aliphatic heterocycles. The predicted molar refractivity (Wildman–Crippen MR) is 116 cm³/mol. The van der Waals surface area contributed by atoms with Gasteiger partial charge in [0, 0.05) is 42.7 Å². The van der Waals surface area contributed by atoms with Crippen LogP contribution in [0.4, 0.5) is 5.69 Å². The van der Waals surface area contributed by atoms with Gasteiger partial charge in [-0.2, -0.15) is 0 Å². The van der Waals surface area contributed by atoms with Crippen molar-refractivity contribution in [3.8, 4) is 0 Å². The summed E-state index contributed by atoms with van der Waals surface area (Å²) in [5.41, 5.74) is 3.10. The minimum atomic E-state index is -3.71. The van der Waals surface area contributed by atoms with E-state index in [9.17, 15) is 8.42 Å². The normalized spacial score (nSPS) is 20.8. The van der Waals surface area contributed by atoms with Crippen LogP contribution in [0.3, 0.4) is 0 Å². The van der Waals surface area contributed by atoms with Gasteiger partial charge < -0.3 is 9.73 Å². The van der Waals surface area contributed by atoms with Gasteiger partial charge in [0.15, 0.2) is 0 Å². The Kier molecular flexibility index (Phi) is 5.38. The smallest absolute Gasteiger partial charge is 0.261 e. The Morgan fingerprint density at radius 1 is 1.14 bits per heavy atom. The predicted octanol–water partition coefficient (Wildman–Crippen LogP) is 3.72. The zero-order chi connectivity index (χ0) is 20.6. The Hall–Kier alpha value is -2.35. The van der Waals surface area contributed by atoms with Gasteiger partial charge in [0.05, 0.1) is 16.8 Å². The molecule has 1 aliphatic rings.